The molecule has 0 unspecified atom stereocenters. The second kappa shape index (κ2) is 9.94. The van der Waals surface area contributed by atoms with Gasteiger partial charge in [-0.3, -0.25) is 9.69 Å². The maximum absolute atomic E-state index is 13.3. The fourth-order valence-electron chi connectivity index (χ4n) is 3.45. The zero-order valence-corrected chi connectivity index (χ0v) is 17.9. The summed E-state index contributed by atoms with van der Waals surface area (Å²) in [6.45, 7) is 2.59. The van der Waals surface area contributed by atoms with Gasteiger partial charge in [-0.15, -0.1) is 0 Å². The van der Waals surface area contributed by atoms with E-state index in [1.165, 1.54) is 0 Å². The van der Waals surface area contributed by atoms with Crippen LogP contribution in [0.5, 0.6) is 11.5 Å². The first-order chi connectivity index (χ1) is 14.5. The Morgan fingerprint density at radius 1 is 0.933 bits per heavy atom. The smallest absolute Gasteiger partial charge is 0.246 e. The summed E-state index contributed by atoms with van der Waals surface area (Å²) in [6, 6.07) is 23.0. The molecule has 0 spiro atoms. The average molecular weight is 405 g/mol. The van der Waals surface area contributed by atoms with Gasteiger partial charge in [0.15, 0.2) is 11.5 Å². The summed E-state index contributed by atoms with van der Waals surface area (Å²) in [4.78, 5) is 15.3. The van der Waals surface area contributed by atoms with Crippen molar-refractivity contribution in [2.75, 3.05) is 26.6 Å². The van der Waals surface area contributed by atoms with Gasteiger partial charge in [0.05, 0.1) is 14.2 Å². The van der Waals surface area contributed by atoms with E-state index in [-0.39, 0.29) is 5.91 Å². The van der Waals surface area contributed by atoms with Crippen LogP contribution >= 0.6 is 0 Å². The molecule has 3 aromatic carbocycles. The summed E-state index contributed by atoms with van der Waals surface area (Å²) < 4.78 is 10.7. The molecule has 3 aromatic rings. The van der Waals surface area contributed by atoms with Crippen LogP contribution in [0.1, 0.15) is 22.7 Å². The molecule has 0 aromatic heterocycles. The van der Waals surface area contributed by atoms with Gasteiger partial charge in [-0.2, -0.15) is 0 Å². The zero-order chi connectivity index (χ0) is 21.5. The fraction of sp³-hybridized carbons (Fsp3) is 0.240. The third kappa shape index (κ3) is 5.19. The highest BCUT2D eigenvalue weighted by atomic mass is 16.5. The molecule has 3 rings (SSSR count). The second-order valence-corrected chi connectivity index (χ2v) is 7.27. The molecule has 0 fully saturated rings. The normalized spacial score (nSPS) is 11.8. The summed E-state index contributed by atoms with van der Waals surface area (Å²) in [6.07, 6.45) is 0. The van der Waals surface area contributed by atoms with Gasteiger partial charge < -0.3 is 14.8 Å². The lowest BCUT2D eigenvalue weighted by Gasteiger charge is -2.28. The number of rotatable bonds is 8. The molecule has 0 aliphatic carbocycles. The van der Waals surface area contributed by atoms with E-state index >= 15 is 0 Å². The highest BCUT2D eigenvalue weighted by Crippen LogP contribution is 2.29. The number of hydrogen-bond acceptors (Lipinski definition) is 4. The van der Waals surface area contributed by atoms with E-state index in [2.05, 4.69) is 5.32 Å². The van der Waals surface area contributed by atoms with Crippen molar-refractivity contribution in [1.82, 2.24) is 4.90 Å². The standard InChI is InChI=1S/C25H28N2O3/c1-18-10-13-21(14-11-18)26-25(28)24(20-8-6-5-7-9-20)27(2)17-19-12-15-22(29-3)23(16-19)30-4/h5-16,24H,17H2,1-4H3,(H,26,28)/t24-/m0/s1. The number of amides is 1. The summed E-state index contributed by atoms with van der Waals surface area (Å²) in [5, 5.41) is 3.05. The Labute approximate surface area is 178 Å². The van der Waals surface area contributed by atoms with Gasteiger partial charge in [0.25, 0.3) is 0 Å². The molecule has 0 bridgehead atoms. The molecule has 156 valence electrons. The molecule has 30 heavy (non-hydrogen) atoms. The molecule has 5 nitrogen and oxygen atoms in total. The van der Waals surface area contributed by atoms with E-state index < -0.39 is 6.04 Å². The maximum Gasteiger partial charge on any atom is 0.246 e. The zero-order valence-electron chi connectivity index (χ0n) is 17.9. The average Bonchev–Trinajstić information content (AvgIpc) is 2.76. The third-order valence-electron chi connectivity index (χ3n) is 5.00. The van der Waals surface area contributed by atoms with Crippen LogP contribution in [0.25, 0.3) is 0 Å². The number of carbonyl (C=O) groups is 1. The van der Waals surface area contributed by atoms with Gasteiger partial charge in [-0.1, -0.05) is 54.1 Å². The van der Waals surface area contributed by atoms with E-state index in [4.69, 9.17) is 9.47 Å². The Hall–Kier alpha value is -3.31. The number of aryl methyl sites for hydroxylation is 1. The van der Waals surface area contributed by atoms with Crippen LogP contribution in [0.3, 0.4) is 0 Å². The lowest BCUT2D eigenvalue weighted by atomic mass is 10.0. The number of anilines is 1. The highest BCUT2D eigenvalue weighted by Gasteiger charge is 2.25. The van der Waals surface area contributed by atoms with Gasteiger partial charge in [0, 0.05) is 12.2 Å². The van der Waals surface area contributed by atoms with Crippen LogP contribution in [0.4, 0.5) is 5.69 Å². The topological polar surface area (TPSA) is 50.8 Å². The van der Waals surface area contributed by atoms with Gasteiger partial charge in [0.2, 0.25) is 5.91 Å². The molecular weight excluding hydrogens is 376 g/mol. The van der Waals surface area contributed by atoms with Crippen LogP contribution in [-0.2, 0) is 11.3 Å². The predicted octanol–water partition coefficient (Wildman–Crippen LogP) is 4.82. The molecule has 0 aliphatic heterocycles. The number of hydrogen-bond donors (Lipinski definition) is 1. The van der Waals surface area contributed by atoms with E-state index in [9.17, 15) is 4.79 Å². The molecule has 0 radical (unpaired) electrons. The van der Waals surface area contributed by atoms with Crippen molar-refractivity contribution in [3.05, 3.63) is 89.5 Å². The van der Waals surface area contributed by atoms with Gasteiger partial charge in [0.1, 0.15) is 6.04 Å². The number of nitrogens with zero attached hydrogens (tertiary/aromatic N) is 1. The van der Waals surface area contributed by atoms with Crippen LogP contribution in [0.2, 0.25) is 0 Å². The monoisotopic (exact) mass is 404 g/mol. The van der Waals surface area contributed by atoms with Crippen molar-refractivity contribution < 1.29 is 14.3 Å². The molecule has 0 heterocycles. The van der Waals surface area contributed by atoms with Crippen molar-refractivity contribution in [2.45, 2.75) is 19.5 Å². The first kappa shape index (κ1) is 21.4. The number of carbonyl (C=O) groups excluding carboxylic acids is 1. The van der Waals surface area contributed by atoms with E-state index in [1.807, 2.05) is 91.7 Å². The minimum absolute atomic E-state index is 0.0759. The first-order valence-corrected chi connectivity index (χ1v) is 9.85. The first-order valence-electron chi connectivity index (χ1n) is 9.85. The highest BCUT2D eigenvalue weighted by molar-refractivity contribution is 5.95. The molecular formula is C25H28N2O3. The van der Waals surface area contributed by atoms with E-state index in [1.54, 1.807) is 14.2 Å². The summed E-state index contributed by atoms with van der Waals surface area (Å²) in [5.41, 5.74) is 3.90. The predicted molar refractivity (Wildman–Crippen MR) is 120 cm³/mol. The molecule has 1 amide bonds. The summed E-state index contributed by atoms with van der Waals surface area (Å²) in [5.74, 6) is 1.28. The SMILES string of the molecule is COc1ccc(CN(C)[C@H](C(=O)Nc2ccc(C)cc2)c2ccccc2)cc1OC. The maximum atomic E-state index is 13.3. The molecule has 0 saturated carbocycles. The van der Waals surface area contributed by atoms with Crippen LogP contribution < -0.4 is 14.8 Å². The van der Waals surface area contributed by atoms with E-state index in [0.717, 1.165) is 22.4 Å². The van der Waals surface area contributed by atoms with Crippen molar-refractivity contribution >= 4 is 11.6 Å². The molecule has 0 aliphatic rings. The Balaban J connectivity index is 1.84. The lowest BCUT2D eigenvalue weighted by Crippen LogP contribution is -2.34. The summed E-state index contributed by atoms with van der Waals surface area (Å²) in [7, 11) is 5.18. The minimum Gasteiger partial charge on any atom is -0.493 e. The minimum atomic E-state index is -0.444. The number of methoxy groups -OCH3 is 2. The summed E-state index contributed by atoms with van der Waals surface area (Å²) >= 11 is 0. The lowest BCUT2D eigenvalue weighted by molar-refractivity contribution is -0.121. The third-order valence-corrected chi connectivity index (χ3v) is 5.00. The van der Waals surface area contributed by atoms with Gasteiger partial charge in [-0.05, 0) is 49.4 Å². The van der Waals surface area contributed by atoms with Gasteiger partial charge in [-0.25, -0.2) is 0 Å². The van der Waals surface area contributed by atoms with Crippen LogP contribution in [0.15, 0.2) is 72.8 Å². The molecule has 0 saturated heterocycles. The molecule has 1 N–H and O–H groups in total. The van der Waals surface area contributed by atoms with Crippen molar-refractivity contribution in [3.63, 3.8) is 0 Å². The Morgan fingerprint density at radius 2 is 1.60 bits per heavy atom. The molecule has 1 atom stereocenters. The second-order valence-electron chi connectivity index (χ2n) is 7.27. The van der Waals surface area contributed by atoms with Crippen molar-refractivity contribution in [1.29, 1.82) is 0 Å². The van der Waals surface area contributed by atoms with Crippen LogP contribution in [0, 0.1) is 6.92 Å². The Kier molecular flexibility index (Phi) is 7.09. The number of likely N-dealkylation sites (N-methyl/N-ethyl adjacent to an activating group) is 1. The fourth-order valence-corrected chi connectivity index (χ4v) is 3.45. The Bertz CT molecular complexity index is 971. The largest absolute Gasteiger partial charge is 0.493 e. The quantitative estimate of drug-likeness (QED) is 0.585. The van der Waals surface area contributed by atoms with Crippen LogP contribution in [-0.4, -0.2) is 32.1 Å². The molecule has 5 heteroatoms. The number of benzene rings is 3. The van der Waals surface area contributed by atoms with Crippen molar-refractivity contribution in [3.8, 4) is 11.5 Å². The van der Waals surface area contributed by atoms with Gasteiger partial charge >= 0.3 is 0 Å². The Morgan fingerprint density at radius 3 is 2.23 bits per heavy atom. The van der Waals surface area contributed by atoms with Crippen molar-refractivity contribution in [2.24, 2.45) is 0 Å². The number of ether oxygens (including phenoxy) is 2. The van der Waals surface area contributed by atoms with E-state index in [0.29, 0.717) is 18.0 Å². The number of nitrogens with one attached hydrogen (secondary N) is 1.